The molecule has 8 heteroatoms. The van der Waals surface area contributed by atoms with Crippen LogP contribution in [-0.2, 0) is 4.79 Å². The molecule has 144 valence electrons. The summed E-state index contributed by atoms with van der Waals surface area (Å²) < 4.78 is 13.4. The van der Waals surface area contributed by atoms with Gasteiger partial charge in [0, 0.05) is 51.5 Å². The second kappa shape index (κ2) is 7.79. The highest BCUT2D eigenvalue weighted by Gasteiger charge is 2.38. The standard InChI is InChI=1S/C19H25FN6O/c20-15-2-4-26(13-15)19(27)17-10-16(12-23-17)24-5-7-25(8-6-24)18-9-14(11-21)1-3-22-18/h1,3,9,15-17,23H,2,4-8,10,12-13H2/t15-,16-,17-/m0/s1. The summed E-state index contributed by atoms with van der Waals surface area (Å²) in [6, 6.07) is 5.85. The number of hydrogen-bond donors (Lipinski definition) is 1. The molecule has 1 amide bonds. The molecule has 0 unspecified atom stereocenters. The summed E-state index contributed by atoms with van der Waals surface area (Å²) in [5, 5.41) is 12.4. The van der Waals surface area contributed by atoms with Crippen molar-refractivity contribution in [2.75, 3.05) is 50.7 Å². The molecule has 1 aromatic heterocycles. The highest BCUT2D eigenvalue weighted by molar-refractivity contribution is 5.82. The van der Waals surface area contributed by atoms with Crippen LogP contribution in [0.1, 0.15) is 18.4 Å². The maximum atomic E-state index is 13.4. The first-order chi connectivity index (χ1) is 13.1. The van der Waals surface area contributed by atoms with E-state index in [2.05, 4.69) is 26.2 Å². The Morgan fingerprint density at radius 2 is 2.11 bits per heavy atom. The van der Waals surface area contributed by atoms with Crippen molar-refractivity contribution in [1.82, 2.24) is 20.1 Å². The third kappa shape index (κ3) is 3.89. The Balaban J connectivity index is 1.29. The van der Waals surface area contributed by atoms with E-state index in [1.165, 1.54) is 0 Å². The number of rotatable bonds is 3. The smallest absolute Gasteiger partial charge is 0.239 e. The van der Waals surface area contributed by atoms with Crippen LogP contribution in [0.2, 0.25) is 0 Å². The van der Waals surface area contributed by atoms with E-state index in [1.807, 2.05) is 6.07 Å². The number of nitrogens with one attached hydrogen (secondary N) is 1. The van der Waals surface area contributed by atoms with Crippen LogP contribution in [-0.4, -0.2) is 84.8 Å². The third-order valence-corrected chi connectivity index (χ3v) is 5.88. The molecule has 1 aromatic rings. The van der Waals surface area contributed by atoms with Crippen molar-refractivity contribution < 1.29 is 9.18 Å². The lowest BCUT2D eigenvalue weighted by Gasteiger charge is -2.38. The van der Waals surface area contributed by atoms with Crippen LogP contribution in [0.25, 0.3) is 0 Å². The molecule has 3 aliphatic rings. The van der Waals surface area contributed by atoms with Crippen molar-refractivity contribution in [3.05, 3.63) is 23.9 Å². The van der Waals surface area contributed by atoms with Gasteiger partial charge in [0.25, 0.3) is 0 Å². The summed E-state index contributed by atoms with van der Waals surface area (Å²) in [6.07, 6.45) is 2.06. The lowest BCUT2D eigenvalue weighted by atomic mass is 10.1. The summed E-state index contributed by atoms with van der Waals surface area (Å²) >= 11 is 0. The molecule has 27 heavy (non-hydrogen) atoms. The van der Waals surface area contributed by atoms with Crippen molar-refractivity contribution >= 4 is 11.7 Å². The van der Waals surface area contributed by atoms with Crippen LogP contribution in [0.5, 0.6) is 0 Å². The molecule has 7 nitrogen and oxygen atoms in total. The lowest BCUT2D eigenvalue weighted by molar-refractivity contribution is -0.132. The van der Waals surface area contributed by atoms with Crippen molar-refractivity contribution in [1.29, 1.82) is 5.26 Å². The lowest BCUT2D eigenvalue weighted by Crippen LogP contribution is -2.51. The number of aromatic nitrogens is 1. The van der Waals surface area contributed by atoms with Crippen molar-refractivity contribution in [2.24, 2.45) is 0 Å². The molecule has 0 aliphatic carbocycles. The maximum Gasteiger partial charge on any atom is 0.239 e. The maximum absolute atomic E-state index is 13.4. The van der Waals surface area contributed by atoms with Crippen molar-refractivity contribution in [2.45, 2.75) is 31.1 Å². The van der Waals surface area contributed by atoms with Crippen molar-refractivity contribution in [3.63, 3.8) is 0 Å². The van der Waals surface area contributed by atoms with Crippen LogP contribution in [0.3, 0.4) is 0 Å². The number of nitriles is 1. The molecule has 3 aliphatic heterocycles. The molecular formula is C19H25FN6O. The average Bonchev–Trinajstić information content (AvgIpc) is 3.37. The number of halogens is 1. The highest BCUT2D eigenvalue weighted by Crippen LogP contribution is 2.22. The molecule has 3 atom stereocenters. The molecule has 4 heterocycles. The number of piperazine rings is 1. The van der Waals surface area contributed by atoms with E-state index in [0.29, 0.717) is 24.6 Å². The predicted molar refractivity (Wildman–Crippen MR) is 99.0 cm³/mol. The monoisotopic (exact) mass is 372 g/mol. The van der Waals surface area contributed by atoms with Gasteiger partial charge in [-0.15, -0.1) is 0 Å². The largest absolute Gasteiger partial charge is 0.354 e. The third-order valence-electron chi connectivity index (χ3n) is 5.88. The van der Waals surface area contributed by atoms with E-state index in [-0.39, 0.29) is 18.5 Å². The fraction of sp³-hybridized carbons (Fsp3) is 0.632. The van der Waals surface area contributed by atoms with Gasteiger partial charge in [-0.05, 0) is 25.0 Å². The van der Waals surface area contributed by atoms with Gasteiger partial charge in [-0.25, -0.2) is 9.37 Å². The summed E-state index contributed by atoms with van der Waals surface area (Å²) in [6.45, 7) is 5.10. The summed E-state index contributed by atoms with van der Waals surface area (Å²) in [5.74, 6) is 0.898. The van der Waals surface area contributed by atoms with Gasteiger partial charge < -0.3 is 15.1 Å². The molecule has 0 saturated carbocycles. The van der Waals surface area contributed by atoms with Crippen LogP contribution in [0, 0.1) is 11.3 Å². The zero-order chi connectivity index (χ0) is 18.8. The Morgan fingerprint density at radius 3 is 2.81 bits per heavy atom. The van der Waals surface area contributed by atoms with E-state index in [1.54, 1.807) is 17.2 Å². The summed E-state index contributed by atoms with van der Waals surface area (Å²) in [5.41, 5.74) is 0.626. The van der Waals surface area contributed by atoms with Gasteiger partial charge in [-0.1, -0.05) is 0 Å². The molecule has 4 rings (SSSR count). The first kappa shape index (κ1) is 18.1. The molecule has 3 saturated heterocycles. The number of pyridine rings is 1. The van der Waals surface area contributed by atoms with Gasteiger partial charge >= 0.3 is 0 Å². The van der Waals surface area contributed by atoms with E-state index in [9.17, 15) is 9.18 Å². The fourth-order valence-corrected chi connectivity index (χ4v) is 4.30. The number of nitrogens with zero attached hydrogens (tertiary/aromatic N) is 5. The van der Waals surface area contributed by atoms with E-state index in [0.717, 1.165) is 45.0 Å². The Bertz CT molecular complexity index is 729. The SMILES string of the molecule is N#Cc1ccnc(N2CCN([C@@H]3CN[C@H](C(=O)N4CC[C@H](F)C4)C3)CC2)c1. The molecule has 1 N–H and O–H groups in total. The summed E-state index contributed by atoms with van der Waals surface area (Å²) in [4.78, 5) is 23.2. The molecule has 0 bridgehead atoms. The van der Waals surface area contributed by atoms with E-state index in [4.69, 9.17) is 5.26 Å². The highest BCUT2D eigenvalue weighted by atomic mass is 19.1. The number of amides is 1. The van der Waals surface area contributed by atoms with Crippen LogP contribution < -0.4 is 10.2 Å². The van der Waals surface area contributed by atoms with Gasteiger partial charge in [-0.3, -0.25) is 9.69 Å². The van der Waals surface area contributed by atoms with Crippen LogP contribution in [0.4, 0.5) is 10.2 Å². The predicted octanol–water partition coefficient (Wildman–Crippen LogP) is 0.376. The fourth-order valence-electron chi connectivity index (χ4n) is 4.30. The first-order valence-corrected chi connectivity index (χ1v) is 9.65. The minimum Gasteiger partial charge on any atom is -0.354 e. The molecule has 0 aromatic carbocycles. The second-order valence-corrected chi connectivity index (χ2v) is 7.56. The molecule has 0 spiro atoms. The van der Waals surface area contributed by atoms with Gasteiger partial charge in [0.1, 0.15) is 12.0 Å². The molecular weight excluding hydrogens is 347 g/mol. The Morgan fingerprint density at radius 1 is 1.30 bits per heavy atom. The van der Waals surface area contributed by atoms with Crippen LogP contribution in [0.15, 0.2) is 18.3 Å². The first-order valence-electron chi connectivity index (χ1n) is 9.65. The quantitative estimate of drug-likeness (QED) is 0.827. The summed E-state index contributed by atoms with van der Waals surface area (Å²) in [7, 11) is 0. The second-order valence-electron chi connectivity index (χ2n) is 7.56. The minimum absolute atomic E-state index is 0.0498. The van der Waals surface area contributed by atoms with Crippen LogP contribution >= 0.6 is 0 Å². The zero-order valence-electron chi connectivity index (χ0n) is 15.4. The number of hydrogen-bond acceptors (Lipinski definition) is 6. The van der Waals surface area contributed by atoms with Gasteiger partial charge in [0.15, 0.2) is 0 Å². The van der Waals surface area contributed by atoms with Gasteiger partial charge in [0.05, 0.1) is 24.2 Å². The Hall–Kier alpha value is -2.24. The zero-order valence-corrected chi connectivity index (χ0v) is 15.4. The minimum atomic E-state index is -0.868. The van der Waals surface area contributed by atoms with Gasteiger partial charge in [0.2, 0.25) is 5.91 Å². The average molecular weight is 372 g/mol. The van der Waals surface area contributed by atoms with Gasteiger partial charge in [-0.2, -0.15) is 5.26 Å². The molecule has 0 radical (unpaired) electrons. The molecule has 3 fully saturated rings. The number of carbonyl (C=O) groups excluding carboxylic acids is 1. The Kier molecular flexibility index (Phi) is 5.23. The Labute approximate surface area is 158 Å². The topological polar surface area (TPSA) is 75.5 Å². The number of alkyl halides is 1. The number of carbonyl (C=O) groups is 1. The number of anilines is 1. The number of likely N-dealkylation sites (tertiary alicyclic amines) is 1. The van der Waals surface area contributed by atoms with E-state index >= 15 is 0 Å². The van der Waals surface area contributed by atoms with Crippen molar-refractivity contribution in [3.8, 4) is 6.07 Å². The normalized spacial score (nSPS) is 29.1. The van der Waals surface area contributed by atoms with E-state index < -0.39 is 6.17 Å².